The molecule has 0 bridgehead atoms. The number of halogens is 1. The van der Waals surface area contributed by atoms with Crippen LogP contribution >= 0.6 is 0 Å². The summed E-state index contributed by atoms with van der Waals surface area (Å²) in [5, 5.41) is 0. The maximum Gasteiger partial charge on any atom is 0.333 e. The minimum atomic E-state index is -0.603. The van der Waals surface area contributed by atoms with Crippen LogP contribution in [-0.2, 0) is 9.53 Å². The van der Waals surface area contributed by atoms with Crippen LogP contribution in [-0.4, -0.2) is 19.7 Å². The molecule has 0 heterocycles. The molecule has 0 radical (unpaired) electrons. The van der Waals surface area contributed by atoms with Gasteiger partial charge in [0, 0.05) is 5.57 Å². The van der Waals surface area contributed by atoms with E-state index in [0.717, 1.165) is 0 Å². The number of methoxy groups -OCH3 is 1. The minimum absolute atomic E-state index is 0.243. The van der Waals surface area contributed by atoms with Gasteiger partial charge < -0.3 is 9.47 Å². The lowest BCUT2D eigenvalue weighted by atomic mass is 10.2. The zero-order chi connectivity index (χ0) is 13.5. The van der Waals surface area contributed by atoms with Gasteiger partial charge in [-0.05, 0) is 30.7 Å². The van der Waals surface area contributed by atoms with Crippen LogP contribution in [0.3, 0.4) is 0 Å². The Morgan fingerprint density at radius 1 is 1.39 bits per heavy atom. The highest BCUT2D eigenvalue weighted by atomic mass is 19.1. The Morgan fingerprint density at radius 2 is 2.00 bits per heavy atom. The van der Waals surface area contributed by atoms with Gasteiger partial charge in [0.1, 0.15) is 18.2 Å². The van der Waals surface area contributed by atoms with Crippen molar-refractivity contribution in [2.75, 3.05) is 13.7 Å². The normalized spacial score (nSPS) is 10.9. The Kier molecular flexibility index (Phi) is 5.11. The predicted molar refractivity (Wildman–Crippen MR) is 67.9 cm³/mol. The third-order valence-corrected chi connectivity index (χ3v) is 2.13. The molecule has 1 aromatic carbocycles. The summed E-state index contributed by atoms with van der Waals surface area (Å²) in [6.45, 7) is 4.52. The molecule has 4 heteroatoms. The maximum absolute atomic E-state index is 13.4. The molecule has 0 aliphatic carbocycles. The standard InChI is InChI=1S/C14H15FO3/c1-10(2)14(16)18-9-12(15)8-11-4-6-13(17-3)7-5-11/h4-8H,1,9H2,2-3H3/b12-8-. The fourth-order valence-corrected chi connectivity index (χ4v) is 1.18. The molecular weight excluding hydrogens is 235 g/mol. The second-order valence-corrected chi connectivity index (χ2v) is 3.72. The number of carbonyl (C=O) groups is 1. The third-order valence-electron chi connectivity index (χ3n) is 2.13. The monoisotopic (exact) mass is 250 g/mol. The second-order valence-electron chi connectivity index (χ2n) is 3.72. The van der Waals surface area contributed by atoms with Crippen LogP contribution in [0.2, 0.25) is 0 Å². The summed E-state index contributed by atoms with van der Waals surface area (Å²) in [4.78, 5) is 11.1. The molecule has 0 aliphatic rings. The molecule has 1 rings (SSSR count). The van der Waals surface area contributed by atoms with Crippen molar-refractivity contribution in [3.05, 3.63) is 47.8 Å². The molecule has 0 saturated carbocycles. The van der Waals surface area contributed by atoms with E-state index >= 15 is 0 Å². The number of hydrogen-bond acceptors (Lipinski definition) is 3. The molecule has 3 nitrogen and oxygen atoms in total. The Balaban J connectivity index is 2.59. The molecule has 1 aromatic rings. The largest absolute Gasteiger partial charge is 0.497 e. The maximum atomic E-state index is 13.4. The molecule has 0 aliphatic heterocycles. The molecule has 0 fully saturated rings. The number of carbonyl (C=O) groups excluding carboxylic acids is 1. The van der Waals surface area contributed by atoms with Gasteiger partial charge >= 0.3 is 5.97 Å². The van der Waals surface area contributed by atoms with Crippen molar-refractivity contribution in [1.29, 1.82) is 0 Å². The first-order chi connectivity index (χ1) is 8.52. The molecule has 0 aromatic heterocycles. The van der Waals surface area contributed by atoms with Crippen molar-refractivity contribution in [1.82, 2.24) is 0 Å². The second kappa shape index (κ2) is 6.59. The first-order valence-corrected chi connectivity index (χ1v) is 5.35. The Labute approximate surface area is 106 Å². The van der Waals surface area contributed by atoms with E-state index in [4.69, 9.17) is 4.74 Å². The Hall–Kier alpha value is -2.10. The first-order valence-electron chi connectivity index (χ1n) is 5.35. The quantitative estimate of drug-likeness (QED) is 0.595. The zero-order valence-electron chi connectivity index (χ0n) is 10.4. The molecular formula is C14H15FO3. The van der Waals surface area contributed by atoms with Gasteiger partial charge in [-0.1, -0.05) is 18.7 Å². The highest BCUT2D eigenvalue weighted by Crippen LogP contribution is 2.14. The molecule has 0 amide bonds. The number of rotatable bonds is 5. The van der Waals surface area contributed by atoms with E-state index in [1.165, 1.54) is 13.0 Å². The van der Waals surface area contributed by atoms with Crippen molar-refractivity contribution in [2.45, 2.75) is 6.92 Å². The lowest BCUT2D eigenvalue weighted by molar-refractivity contribution is -0.138. The lowest BCUT2D eigenvalue weighted by Crippen LogP contribution is -2.06. The summed E-state index contributed by atoms with van der Waals surface area (Å²) in [7, 11) is 1.56. The van der Waals surface area contributed by atoms with E-state index in [2.05, 4.69) is 11.3 Å². The molecule has 18 heavy (non-hydrogen) atoms. The van der Waals surface area contributed by atoms with Gasteiger partial charge in [-0.15, -0.1) is 0 Å². The number of ether oxygens (including phenoxy) is 2. The summed E-state index contributed by atoms with van der Waals surface area (Å²) in [6.07, 6.45) is 1.30. The number of hydrogen-bond donors (Lipinski definition) is 0. The fourth-order valence-electron chi connectivity index (χ4n) is 1.18. The number of benzene rings is 1. The average molecular weight is 250 g/mol. The van der Waals surface area contributed by atoms with Crippen LogP contribution < -0.4 is 4.74 Å². The van der Waals surface area contributed by atoms with E-state index in [0.29, 0.717) is 11.3 Å². The van der Waals surface area contributed by atoms with Gasteiger partial charge in [0.25, 0.3) is 0 Å². The van der Waals surface area contributed by atoms with E-state index in [1.807, 2.05) is 0 Å². The molecule has 0 saturated heterocycles. The molecule has 96 valence electrons. The van der Waals surface area contributed by atoms with Gasteiger partial charge in [-0.3, -0.25) is 0 Å². The van der Waals surface area contributed by atoms with Crippen molar-refractivity contribution >= 4 is 12.0 Å². The Morgan fingerprint density at radius 3 is 2.50 bits per heavy atom. The fraction of sp³-hybridized carbons (Fsp3) is 0.214. The minimum Gasteiger partial charge on any atom is -0.497 e. The first kappa shape index (κ1) is 14.0. The molecule has 0 atom stereocenters. The van der Waals surface area contributed by atoms with Gasteiger partial charge in [0.15, 0.2) is 0 Å². The highest BCUT2D eigenvalue weighted by molar-refractivity contribution is 5.87. The molecule has 0 spiro atoms. The van der Waals surface area contributed by atoms with Crippen molar-refractivity contribution in [3.63, 3.8) is 0 Å². The number of esters is 1. The van der Waals surface area contributed by atoms with Crippen LogP contribution in [0.25, 0.3) is 6.08 Å². The van der Waals surface area contributed by atoms with Crippen molar-refractivity contribution < 1.29 is 18.7 Å². The lowest BCUT2D eigenvalue weighted by Gasteiger charge is -2.03. The van der Waals surface area contributed by atoms with Gasteiger partial charge in [-0.25, -0.2) is 9.18 Å². The van der Waals surface area contributed by atoms with Crippen molar-refractivity contribution in [2.24, 2.45) is 0 Å². The average Bonchev–Trinajstić information content (AvgIpc) is 2.36. The van der Waals surface area contributed by atoms with E-state index in [1.54, 1.807) is 31.4 Å². The van der Waals surface area contributed by atoms with Crippen LogP contribution in [0.5, 0.6) is 5.75 Å². The summed E-state index contributed by atoms with van der Waals surface area (Å²) in [6, 6.07) is 6.86. The van der Waals surface area contributed by atoms with Crippen LogP contribution in [0, 0.1) is 0 Å². The topological polar surface area (TPSA) is 35.5 Å². The summed E-state index contributed by atoms with van der Waals surface area (Å²) in [5.74, 6) is -0.440. The highest BCUT2D eigenvalue weighted by Gasteiger charge is 2.05. The Bertz CT molecular complexity index is 460. The van der Waals surface area contributed by atoms with Crippen LogP contribution in [0.1, 0.15) is 12.5 Å². The van der Waals surface area contributed by atoms with Gasteiger partial charge in [0.05, 0.1) is 7.11 Å². The van der Waals surface area contributed by atoms with E-state index in [-0.39, 0.29) is 5.57 Å². The predicted octanol–water partition coefficient (Wildman–Crippen LogP) is 3.12. The van der Waals surface area contributed by atoms with Crippen LogP contribution in [0.4, 0.5) is 4.39 Å². The molecule has 0 N–H and O–H groups in total. The summed E-state index contributed by atoms with van der Waals surface area (Å²) >= 11 is 0. The summed E-state index contributed by atoms with van der Waals surface area (Å²) < 4.78 is 23.1. The van der Waals surface area contributed by atoms with E-state index in [9.17, 15) is 9.18 Å². The smallest absolute Gasteiger partial charge is 0.333 e. The SMILES string of the molecule is C=C(C)C(=O)OC/C(F)=C/c1ccc(OC)cc1. The van der Waals surface area contributed by atoms with Crippen molar-refractivity contribution in [3.8, 4) is 5.75 Å². The van der Waals surface area contributed by atoms with Gasteiger partial charge in [0.2, 0.25) is 0 Å². The zero-order valence-corrected chi connectivity index (χ0v) is 10.4. The molecule has 0 unspecified atom stereocenters. The van der Waals surface area contributed by atoms with E-state index < -0.39 is 18.4 Å². The van der Waals surface area contributed by atoms with Crippen LogP contribution in [0.15, 0.2) is 42.2 Å². The third kappa shape index (κ3) is 4.41. The van der Waals surface area contributed by atoms with Gasteiger partial charge in [-0.2, -0.15) is 0 Å². The summed E-state index contributed by atoms with van der Waals surface area (Å²) in [5.41, 5.74) is 0.909.